The van der Waals surface area contributed by atoms with Gasteiger partial charge in [0.1, 0.15) is 10.8 Å². The molecule has 0 saturated heterocycles. The molecular formula is C25H29N3O3S. The normalized spacial score (nSPS) is 11.9. The largest absolute Gasteiger partial charge is 0.491 e. The van der Waals surface area contributed by atoms with Crippen molar-refractivity contribution in [3.05, 3.63) is 81.6 Å². The van der Waals surface area contributed by atoms with Gasteiger partial charge in [-0.1, -0.05) is 30.0 Å². The summed E-state index contributed by atoms with van der Waals surface area (Å²) in [5, 5.41) is 7.66. The summed E-state index contributed by atoms with van der Waals surface area (Å²) in [7, 11) is 0. The number of aryl methyl sites for hydroxylation is 2. The smallest absolute Gasteiger partial charge is 0.271 e. The van der Waals surface area contributed by atoms with Crippen molar-refractivity contribution in [2.75, 3.05) is 0 Å². The third-order valence-corrected chi connectivity index (χ3v) is 5.97. The second-order valence-electron chi connectivity index (χ2n) is 7.98. The molecule has 7 heteroatoms. The number of rotatable bonds is 8. The molecule has 1 aromatic heterocycles. The summed E-state index contributed by atoms with van der Waals surface area (Å²) in [4.78, 5) is 24.9. The average Bonchev–Trinajstić information content (AvgIpc) is 2.76. The number of thioether (sulfide) groups is 1. The van der Waals surface area contributed by atoms with Gasteiger partial charge in [0.25, 0.3) is 5.56 Å². The molecule has 0 radical (unpaired) electrons. The summed E-state index contributed by atoms with van der Waals surface area (Å²) >= 11 is 1.32. The Morgan fingerprint density at radius 2 is 1.75 bits per heavy atom. The molecule has 1 heterocycles. The fraction of sp³-hybridized carbons (Fsp3) is 0.320. The topological polar surface area (TPSA) is 73.2 Å². The van der Waals surface area contributed by atoms with Crippen LogP contribution in [-0.2, 0) is 11.3 Å². The van der Waals surface area contributed by atoms with Gasteiger partial charge in [-0.2, -0.15) is 9.78 Å². The van der Waals surface area contributed by atoms with Crippen LogP contribution in [0.25, 0.3) is 5.69 Å². The Balaban J connectivity index is 1.62. The summed E-state index contributed by atoms with van der Waals surface area (Å²) in [6.45, 7) is 10.2. The monoisotopic (exact) mass is 451 g/mol. The highest BCUT2D eigenvalue weighted by atomic mass is 32.2. The van der Waals surface area contributed by atoms with E-state index in [1.165, 1.54) is 22.5 Å². The van der Waals surface area contributed by atoms with Crippen LogP contribution in [0, 0.1) is 13.8 Å². The number of carbonyl (C=O) groups excluding carboxylic acids is 1. The molecule has 168 valence electrons. The van der Waals surface area contributed by atoms with Crippen LogP contribution in [0.5, 0.6) is 5.75 Å². The van der Waals surface area contributed by atoms with Gasteiger partial charge in [0.05, 0.1) is 17.0 Å². The van der Waals surface area contributed by atoms with E-state index in [1.54, 1.807) is 6.07 Å². The minimum absolute atomic E-state index is 0.0942. The average molecular weight is 452 g/mol. The van der Waals surface area contributed by atoms with E-state index in [9.17, 15) is 9.59 Å². The predicted octanol–water partition coefficient (Wildman–Crippen LogP) is 4.43. The van der Waals surface area contributed by atoms with E-state index < -0.39 is 0 Å². The maximum Gasteiger partial charge on any atom is 0.271 e. The Kier molecular flexibility index (Phi) is 7.75. The molecule has 1 N–H and O–H groups in total. The Labute approximate surface area is 193 Å². The third kappa shape index (κ3) is 6.23. The second-order valence-corrected chi connectivity index (χ2v) is 9.34. The van der Waals surface area contributed by atoms with Crippen LogP contribution in [0.2, 0.25) is 0 Å². The number of amides is 1. The molecule has 0 spiro atoms. The van der Waals surface area contributed by atoms with E-state index in [0.717, 1.165) is 22.4 Å². The lowest BCUT2D eigenvalue weighted by Crippen LogP contribution is -2.30. The quantitative estimate of drug-likeness (QED) is 0.513. The van der Waals surface area contributed by atoms with Crippen molar-refractivity contribution in [1.82, 2.24) is 15.1 Å². The molecular weight excluding hydrogens is 422 g/mol. The molecule has 0 aliphatic heterocycles. The van der Waals surface area contributed by atoms with Crippen LogP contribution in [0.3, 0.4) is 0 Å². The van der Waals surface area contributed by atoms with Gasteiger partial charge in [-0.25, -0.2) is 0 Å². The van der Waals surface area contributed by atoms with E-state index in [2.05, 4.69) is 10.4 Å². The van der Waals surface area contributed by atoms with Crippen molar-refractivity contribution < 1.29 is 9.53 Å². The first-order valence-electron chi connectivity index (χ1n) is 10.6. The van der Waals surface area contributed by atoms with Crippen LogP contribution in [0.4, 0.5) is 0 Å². The minimum atomic E-state index is -0.364. The van der Waals surface area contributed by atoms with Gasteiger partial charge < -0.3 is 10.1 Å². The van der Waals surface area contributed by atoms with Gasteiger partial charge in [0.2, 0.25) is 5.91 Å². The van der Waals surface area contributed by atoms with Crippen LogP contribution in [-0.4, -0.2) is 27.0 Å². The maximum absolute atomic E-state index is 12.6. The zero-order chi connectivity index (χ0) is 23.3. The number of hydrogen-bond donors (Lipinski definition) is 1. The number of nitrogens with zero attached hydrogens (tertiary/aromatic N) is 2. The van der Waals surface area contributed by atoms with Gasteiger partial charge in [0.15, 0.2) is 0 Å². The lowest BCUT2D eigenvalue weighted by Gasteiger charge is -2.13. The molecule has 32 heavy (non-hydrogen) atoms. The lowest BCUT2D eigenvalue weighted by molar-refractivity contribution is -0.120. The molecule has 3 aromatic rings. The number of aromatic nitrogens is 2. The maximum atomic E-state index is 12.6. The number of nitrogens with one attached hydrogen (secondary N) is 1. The van der Waals surface area contributed by atoms with Crippen molar-refractivity contribution in [3.63, 3.8) is 0 Å². The van der Waals surface area contributed by atoms with Crippen molar-refractivity contribution in [2.24, 2.45) is 0 Å². The van der Waals surface area contributed by atoms with Crippen LogP contribution in [0.15, 0.2) is 64.4 Å². The van der Waals surface area contributed by atoms with E-state index >= 15 is 0 Å². The fourth-order valence-corrected chi connectivity index (χ4v) is 3.85. The summed E-state index contributed by atoms with van der Waals surface area (Å²) in [6, 6.07) is 16.6. The third-order valence-electron chi connectivity index (χ3n) is 4.94. The number of hydrogen-bond acceptors (Lipinski definition) is 5. The molecule has 1 amide bonds. The van der Waals surface area contributed by atoms with E-state index in [-0.39, 0.29) is 22.8 Å². The molecule has 2 aromatic carbocycles. The predicted molar refractivity (Wildman–Crippen MR) is 129 cm³/mol. The van der Waals surface area contributed by atoms with Gasteiger partial charge in [-0.05, 0) is 81.6 Å². The molecule has 0 saturated carbocycles. The van der Waals surface area contributed by atoms with E-state index in [0.29, 0.717) is 17.3 Å². The summed E-state index contributed by atoms with van der Waals surface area (Å²) in [5.74, 6) is 0.715. The number of benzene rings is 2. The van der Waals surface area contributed by atoms with Crippen LogP contribution in [0.1, 0.15) is 37.5 Å². The van der Waals surface area contributed by atoms with Crippen LogP contribution >= 0.6 is 11.8 Å². The van der Waals surface area contributed by atoms with E-state index in [1.807, 2.05) is 77.1 Å². The van der Waals surface area contributed by atoms with E-state index in [4.69, 9.17) is 4.74 Å². The van der Waals surface area contributed by atoms with Crippen molar-refractivity contribution in [2.45, 2.75) is 57.5 Å². The molecule has 1 atom stereocenters. The summed E-state index contributed by atoms with van der Waals surface area (Å²) in [5.41, 5.74) is 3.74. The van der Waals surface area contributed by atoms with Crippen molar-refractivity contribution in [3.8, 4) is 11.4 Å². The minimum Gasteiger partial charge on any atom is -0.491 e. The van der Waals surface area contributed by atoms with Gasteiger partial charge in [-0.15, -0.1) is 0 Å². The highest BCUT2D eigenvalue weighted by Crippen LogP contribution is 2.21. The molecule has 0 aliphatic carbocycles. The van der Waals surface area contributed by atoms with Gasteiger partial charge in [0, 0.05) is 12.6 Å². The number of ether oxygens (including phenoxy) is 1. The van der Waals surface area contributed by atoms with Crippen LogP contribution < -0.4 is 15.6 Å². The Morgan fingerprint density at radius 3 is 2.41 bits per heavy atom. The first-order valence-corrected chi connectivity index (χ1v) is 11.5. The Morgan fingerprint density at radius 1 is 1.03 bits per heavy atom. The standard InChI is InChI=1S/C25H29N3O3S/c1-16(2)31-22-10-7-20(8-11-22)15-26-25(30)19(5)32-23-12-13-24(29)28(27-23)21-9-6-17(3)18(4)14-21/h6-14,16,19H,15H2,1-5H3,(H,26,30)/t19-/m0/s1. The molecule has 3 rings (SSSR count). The summed E-state index contributed by atoms with van der Waals surface area (Å²) < 4.78 is 7.01. The van der Waals surface area contributed by atoms with Gasteiger partial charge in [-0.3, -0.25) is 9.59 Å². The zero-order valence-electron chi connectivity index (χ0n) is 19.1. The number of carbonyl (C=O) groups is 1. The highest BCUT2D eigenvalue weighted by molar-refractivity contribution is 8.00. The zero-order valence-corrected chi connectivity index (χ0v) is 19.9. The Bertz CT molecular complexity index is 1140. The first kappa shape index (κ1) is 23.6. The lowest BCUT2D eigenvalue weighted by atomic mass is 10.1. The highest BCUT2D eigenvalue weighted by Gasteiger charge is 2.16. The second kappa shape index (κ2) is 10.5. The fourth-order valence-electron chi connectivity index (χ4n) is 3.03. The summed E-state index contributed by atoms with van der Waals surface area (Å²) in [6.07, 6.45) is 0.122. The van der Waals surface area contributed by atoms with Gasteiger partial charge >= 0.3 is 0 Å². The first-order chi connectivity index (χ1) is 15.2. The molecule has 0 fully saturated rings. The molecule has 0 unspecified atom stereocenters. The SMILES string of the molecule is Cc1ccc(-n2nc(S[C@@H](C)C(=O)NCc3ccc(OC(C)C)cc3)ccc2=O)cc1C. The molecule has 0 aliphatic rings. The van der Waals surface area contributed by atoms with Crippen molar-refractivity contribution in [1.29, 1.82) is 0 Å². The Hall–Kier alpha value is -3.06. The molecule has 6 nitrogen and oxygen atoms in total. The molecule has 0 bridgehead atoms. The van der Waals surface area contributed by atoms with Crippen molar-refractivity contribution >= 4 is 17.7 Å².